The zero-order valence-electron chi connectivity index (χ0n) is 9.05. The lowest BCUT2D eigenvalue weighted by Crippen LogP contribution is -2.30. The molecule has 0 aliphatic rings. The third-order valence-electron chi connectivity index (χ3n) is 2.52. The first-order valence-corrected chi connectivity index (χ1v) is 5.86. The molecule has 0 aliphatic heterocycles. The summed E-state index contributed by atoms with van der Waals surface area (Å²) in [5, 5.41) is 3.50. The SMILES string of the molecule is CC(C)C(C)NCc1cccc(Br)c1. The first-order chi connectivity index (χ1) is 6.59. The van der Waals surface area contributed by atoms with E-state index in [0.29, 0.717) is 12.0 Å². The first kappa shape index (κ1) is 11.7. The molecule has 1 nitrogen and oxygen atoms in total. The van der Waals surface area contributed by atoms with Crippen LogP contribution < -0.4 is 5.32 Å². The summed E-state index contributed by atoms with van der Waals surface area (Å²) in [5.41, 5.74) is 1.33. The molecule has 1 N–H and O–H groups in total. The summed E-state index contributed by atoms with van der Waals surface area (Å²) in [5.74, 6) is 0.683. The number of halogens is 1. The normalized spacial score (nSPS) is 13.2. The molecule has 0 radical (unpaired) electrons. The van der Waals surface area contributed by atoms with Crippen LogP contribution in [0.15, 0.2) is 28.7 Å². The lowest BCUT2D eigenvalue weighted by Gasteiger charge is -2.17. The molecule has 0 saturated heterocycles. The Hall–Kier alpha value is -0.340. The summed E-state index contributed by atoms with van der Waals surface area (Å²) in [6.45, 7) is 7.64. The van der Waals surface area contributed by atoms with Gasteiger partial charge in [0.25, 0.3) is 0 Å². The van der Waals surface area contributed by atoms with E-state index < -0.39 is 0 Å². The van der Waals surface area contributed by atoms with Gasteiger partial charge in [-0.05, 0) is 30.5 Å². The van der Waals surface area contributed by atoms with E-state index in [-0.39, 0.29) is 0 Å². The molecule has 0 fully saturated rings. The van der Waals surface area contributed by atoms with E-state index in [4.69, 9.17) is 0 Å². The Bertz CT molecular complexity index is 283. The minimum Gasteiger partial charge on any atom is -0.310 e. The van der Waals surface area contributed by atoms with Gasteiger partial charge in [0.15, 0.2) is 0 Å². The second kappa shape index (κ2) is 5.52. The minimum atomic E-state index is 0.564. The van der Waals surface area contributed by atoms with E-state index in [2.05, 4.69) is 66.3 Å². The second-order valence-corrected chi connectivity index (χ2v) is 4.96. The highest BCUT2D eigenvalue weighted by molar-refractivity contribution is 9.10. The molecule has 14 heavy (non-hydrogen) atoms. The Kier molecular flexibility index (Phi) is 4.63. The van der Waals surface area contributed by atoms with Crippen molar-refractivity contribution in [3.63, 3.8) is 0 Å². The molecule has 1 rings (SSSR count). The Balaban J connectivity index is 2.45. The molecule has 0 bridgehead atoms. The van der Waals surface area contributed by atoms with Crippen molar-refractivity contribution >= 4 is 15.9 Å². The molecule has 0 saturated carbocycles. The fourth-order valence-electron chi connectivity index (χ4n) is 1.16. The van der Waals surface area contributed by atoms with Gasteiger partial charge in [-0.25, -0.2) is 0 Å². The molecule has 0 aromatic heterocycles. The van der Waals surface area contributed by atoms with Gasteiger partial charge in [-0.15, -0.1) is 0 Å². The molecule has 0 amide bonds. The molecule has 0 aliphatic carbocycles. The van der Waals surface area contributed by atoms with Crippen molar-refractivity contribution < 1.29 is 0 Å². The average molecular weight is 256 g/mol. The van der Waals surface area contributed by atoms with Crippen molar-refractivity contribution in [3.05, 3.63) is 34.3 Å². The topological polar surface area (TPSA) is 12.0 Å². The number of hydrogen-bond donors (Lipinski definition) is 1. The molecule has 1 unspecified atom stereocenters. The van der Waals surface area contributed by atoms with Crippen molar-refractivity contribution in [2.75, 3.05) is 0 Å². The quantitative estimate of drug-likeness (QED) is 0.868. The van der Waals surface area contributed by atoms with E-state index >= 15 is 0 Å². The Morgan fingerprint density at radius 2 is 2.00 bits per heavy atom. The minimum absolute atomic E-state index is 0.564. The lowest BCUT2D eigenvalue weighted by molar-refractivity contribution is 0.426. The van der Waals surface area contributed by atoms with Gasteiger partial charge in [0.05, 0.1) is 0 Å². The van der Waals surface area contributed by atoms with Gasteiger partial charge in [-0.3, -0.25) is 0 Å². The number of nitrogens with one attached hydrogen (secondary N) is 1. The van der Waals surface area contributed by atoms with E-state index in [1.165, 1.54) is 5.56 Å². The van der Waals surface area contributed by atoms with Gasteiger partial charge in [-0.1, -0.05) is 41.9 Å². The Morgan fingerprint density at radius 1 is 1.29 bits per heavy atom. The molecular formula is C12H18BrN. The smallest absolute Gasteiger partial charge is 0.0208 e. The maximum Gasteiger partial charge on any atom is 0.0208 e. The van der Waals surface area contributed by atoms with Crippen molar-refractivity contribution in [2.24, 2.45) is 5.92 Å². The van der Waals surface area contributed by atoms with Crippen LogP contribution in [0, 0.1) is 5.92 Å². The molecular weight excluding hydrogens is 238 g/mol. The molecule has 0 heterocycles. The van der Waals surface area contributed by atoms with Gasteiger partial charge < -0.3 is 5.32 Å². The standard InChI is InChI=1S/C12H18BrN/c1-9(2)10(3)14-8-11-5-4-6-12(13)7-11/h4-7,9-10,14H,8H2,1-3H3. The summed E-state index contributed by atoms with van der Waals surface area (Å²) in [7, 11) is 0. The monoisotopic (exact) mass is 255 g/mol. The zero-order chi connectivity index (χ0) is 10.6. The van der Waals surface area contributed by atoms with E-state index in [1.54, 1.807) is 0 Å². The van der Waals surface area contributed by atoms with Crippen molar-refractivity contribution in [2.45, 2.75) is 33.4 Å². The van der Waals surface area contributed by atoms with E-state index in [0.717, 1.165) is 11.0 Å². The van der Waals surface area contributed by atoms with Crippen LogP contribution in [0.1, 0.15) is 26.3 Å². The van der Waals surface area contributed by atoms with Crippen LogP contribution in [0.3, 0.4) is 0 Å². The summed E-state index contributed by atoms with van der Waals surface area (Å²) in [6, 6.07) is 8.98. The third kappa shape index (κ3) is 3.81. The highest BCUT2D eigenvalue weighted by Crippen LogP contribution is 2.12. The third-order valence-corrected chi connectivity index (χ3v) is 3.01. The lowest BCUT2D eigenvalue weighted by atomic mass is 10.1. The summed E-state index contributed by atoms with van der Waals surface area (Å²) >= 11 is 3.47. The second-order valence-electron chi connectivity index (χ2n) is 4.04. The zero-order valence-corrected chi connectivity index (χ0v) is 10.6. The molecule has 1 aromatic carbocycles. The molecule has 2 heteroatoms. The van der Waals surface area contributed by atoms with E-state index in [9.17, 15) is 0 Å². The number of rotatable bonds is 4. The predicted octanol–water partition coefficient (Wildman–Crippen LogP) is 3.58. The van der Waals surface area contributed by atoms with Crippen LogP contribution in [0.2, 0.25) is 0 Å². The molecule has 78 valence electrons. The summed E-state index contributed by atoms with van der Waals surface area (Å²) in [4.78, 5) is 0. The van der Waals surface area contributed by atoms with Crippen molar-refractivity contribution in [1.29, 1.82) is 0 Å². The maximum absolute atomic E-state index is 3.50. The molecule has 0 spiro atoms. The van der Waals surface area contributed by atoms with Crippen LogP contribution in [-0.2, 0) is 6.54 Å². The summed E-state index contributed by atoms with van der Waals surface area (Å²) < 4.78 is 1.15. The van der Waals surface area contributed by atoms with Crippen molar-refractivity contribution in [3.8, 4) is 0 Å². The first-order valence-electron chi connectivity index (χ1n) is 5.07. The predicted molar refractivity (Wildman–Crippen MR) is 65.3 cm³/mol. The maximum atomic E-state index is 3.50. The van der Waals surface area contributed by atoms with Crippen LogP contribution >= 0.6 is 15.9 Å². The number of hydrogen-bond acceptors (Lipinski definition) is 1. The van der Waals surface area contributed by atoms with Gasteiger partial charge in [0.2, 0.25) is 0 Å². The van der Waals surface area contributed by atoms with Gasteiger partial charge in [-0.2, -0.15) is 0 Å². The average Bonchev–Trinajstić information content (AvgIpc) is 2.14. The highest BCUT2D eigenvalue weighted by Gasteiger charge is 2.05. The van der Waals surface area contributed by atoms with Crippen molar-refractivity contribution in [1.82, 2.24) is 5.32 Å². The highest BCUT2D eigenvalue weighted by atomic mass is 79.9. The Morgan fingerprint density at radius 3 is 2.57 bits per heavy atom. The summed E-state index contributed by atoms with van der Waals surface area (Å²) in [6.07, 6.45) is 0. The molecule has 1 aromatic rings. The fourth-order valence-corrected chi connectivity index (χ4v) is 1.61. The number of benzene rings is 1. The van der Waals surface area contributed by atoms with Crippen LogP contribution in [0.4, 0.5) is 0 Å². The van der Waals surface area contributed by atoms with Crippen LogP contribution in [-0.4, -0.2) is 6.04 Å². The fraction of sp³-hybridized carbons (Fsp3) is 0.500. The van der Waals surface area contributed by atoms with E-state index in [1.807, 2.05) is 0 Å². The van der Waals surface area contributed by atoms with Gasteiger partial charge in [0.1, 0.15) is 0 Å². The van der Waals surface area contributed by atoms with Gasteiger partial charge in [0, 0.05) is 17.1 Å². The van der Waals surface area contributed by atoms with Gasteiger partial charge >= 0.3 is 0 Å². The Labute approximate surface area is 95.0 Å². The van der Waals surface area contributed by atoms with Crippen LogP contribution in [0.5, 0.6) is 0 Å². The largest absolute Gasteiger partial charge is 0.310 e. The molecule has 1 atom stereocenters. The van der Waals surface area contributed by atoms with Crippen LogP contribution in [0.25, 0.3) is 0 Å².